The summed E-state index contributed by atoms with van der Waals surface area (Å²) in [6.07, 6.45) is 0. The van der Waals surface area contributed by atoms with Crippen LogP contribution in [-0.4, -0.2) is 35.2 Å². The van der Waals surface area contributed by atoms with Crippen LogP contribution in [0.1, 0.15) is 27.7 Å². The van der Waals surface area contributed by atoms with Crippen molar-refractivity contribution in [2.45, 2.75) is 38.9 Å². The highest BCUT2D eigenvalue weighted by Gasteiger charge is 2.51. The van der Waals surface area contributed by atoms with E-state index in [1.807, 2.05) is 70.2 Å². The quantitative estimate of drug-likeness (QED) is 0.641. The van der Waals surface area contributed by atoms with E-state index in [0.29, 0.717) is 5.15 Å². The van der Waals surface area contributed by atoms with Gasteiger partial charge in [-0.2, -0.15) is 5.10 Å². The van der Waals surface area contributed by atoms with Crippen LogP contribution in [0.15, 0.2) is 42.5 Å². The molecule has 27 heavy (non-hydrogen) atoms. The van der Waals surface area contributed by atoms with Crippen molar-refractivity contribution in [3.05, 3.63) is 47.6 Å². The van der Waals surface area contributed by atoms with Gasteiger partial charge in [0.15, 0.2) is 0 Å². The Bertz CT molecular complexity index is 982. The van der Waals surface area contributed by atoms with Crippen LogP contribution in [-0.2, 0) is 9.31 Å². The molecular formula is C20H22BClN2O3. The second kappa shape index (κ2) is 6.26. The third-order valence-corrected chi connectivity index (χ3v) is 5.85. The van der Waals surface area contributed by atoms with Crippen molar-refractivity contribution in [2.75, 3.05) is 7.11 Å². The summed E-state index contributed by atoms with van der Waals surface area (Å²) in [6.45, 7) is 8.19. The van der Waals surface area contributed by atoms with E-state index in [1.165, 1.54) is 0 Å². The van der Waals surface area contributed by atoms with Gasteiger partial charge >= 0.3 is 7.12 Å². The molecule has 1 aromatic heterocycles. The molecule has 0 radical (unpaired) electrons. The molecule has 2 heterocycles. The summed E-state index contributed by atoms with van der Waals surface area (Å²) >= 11 is 6.56. The van der Waals surface area contributed by atoms with Crippen LogP contribution in [0.4, 0.5) is 0 Å². The van der Waals surface area contributed by atoms with Crippen LogP contribution in [0.3, 0.4) is 0 Å². The van der Waals surface area contributed by atoms with E-state index in [2.05, 4.69) is 5.10 Å². The van der Waals surface area contributed by atoms with Crippen molar-refractivity contribution >= 4 is 35.1 Å². The van der Waals surface area contributed by atoms with Crippen LogP contribution < -0.4 is 10.2 Å². The molecule has 2 aromatic carbocycles. The van der Waals surface area contributed by atoms with E-state index in [4.69, 9.17) is 25.6 Å². The minimum absolute atomic E-state index is 0.363. The minimum Gasteiger partial charge on any atom is -0.497 e. The van der Waals surface area contributed by atoms with Crippen LogP contribution in [0.2, 0.25) is 5.15 Å². The smallest absolute Gasteiger partial charge is 0.494 e. The van der Waals surface area contributed by atoms with Crippen LogP contribution in [0, 0.1) is 0 Å². The number of methoxy groups -OCH3 is 1. The largest absolute Gasteiger partial charge is 0.497 e. The fraction of sp³-hybridized carbons (Fsp3) is 0.350. The summed E-state index contributed by atoms with van der Waals surface area (Å²) in [4.78, 5) is 0. The SMILES string of the molecule is COc1ccc2nn(-c3ccc(B4OC(C)(C)C(C)(C)O4)cc3)c(Cl)c2c1. The number of ether oxygens (including phenoxy) is 1. The minimum atomic E-state index is -0.388. The van der Waals surface area contributed by atoms with Gasteiger partial charge in [0, 0.05) is 5.39 Å². The van der Waals surface area contributed by atoms with Crippen molar-refractivity contribution in [3.8, 4) is 11.4 Å². The summed E-state index contributed by atoms with van der Waals surface area (Å²) < 4.78 is 19.2. The van der Waals surface area contributed by atoms with Gasteiger partial charge in [0.25, 0.3) is 0 Å². The molecule has 5 nitrogen and oxygen atoms in total. The zero-order valence-electron chi connectivity index (χ0n) is 16.1. The highest BCUT2D eigenvalue weighted by Crippen LogP contribution is 2.36. The molecule has 0 amide bonds. The molecule has 0 unspecified atom stereocenters. The molecule has 3 aromatic rings. The molecule has 140 valence electrons. The number of benzene rings is 2. The lowest BCUT2D eigenvalue weighted by molar-refractivity contribution is 0.00578. The van der Waals surface area contributed by atoms with Gasteiger partial charge in [0.05, 0.1) is 29.5 Å². The first-order chi connectivity index (χ1) is 12.7. The molecule has 4 rings (SSSR count). The zero-order valence-corrected chi connectivity index (χ0v) is 16.9. The summed E-state index contributed by atoms with van der Waals surface area (Å²) in [5, 5.41) is 6.00. The van der Waals surface area contributed by atoms with Crippen molar-refractivity contribution in [2.24, 2.45) is 0 Å². The Labute approximate surface area is 164 Å². The monoisotopic (exact) mass is 384 g/mol. The second-order valence-electron chi connectivity index (χ2n) is 7.77. The number of nitrogens with zero attached hydrogens (tertiary/aromatic N) is 2. The number of rotatable bonds is 3. The normalized spacial score (nSPS) is 18.2. The molecule has 0 atom stereocenters. The van der Waals surface area contributed by atoms with Gasteiger partial charge in [0.2, 0.25) is 0 Å². The van der Waals surface area contributed by atoms with Crippen LogP contribution in [0.5, 0.6) is 5.75 Å². The van der Waals surface area contributed by atoms with Crippen molar-refractivity contribution in [3.63, 3.8) is 0 Å². The number of aromatic nitrogens is 2. The summed E-state index contributed by atoms with van der Waals surface area (Å²) in [6, 6.07) is 13.6. The Morgan fingerprint density at radius 2 is 1.63 bits per heavy atom. The van der Waals surface area contributed by atoms with Gasteiger partial charge in [-0.05, 0) is 63.5 Å². The van der Waals surface area contributed by atoms with E-state index < -0.39 is 0 Å². The van der Waals surface area contributed by atoms with E-state index >= 15 is 0 Å². The Hall–Kier alpha value is -2.02. The molecule has 0 N–H and O–H groups in total. The van der Waals surface area contributed by atoms with Gasteiger partial charge in [-0.3, -0.25) is 0 Å². The van der Waals surface area contributed by atoms with Gasteiger partial charge in [-0.15, -0.1) is 0 Å². The van der Waals surface area contributed by atoms with Crippen LogP contribution >= 0.6 is 11.6 Å². The molecule has 7 heteroatoms. The Morgan fingerprint density at radius 3 is 2.22 bits per heavy atom. The molecule has 1 fully saturated rings. The van der Waals surface area contributed by atoms with Crippen molar-refractivity contribution in [1.29, 1.82) is 0 Å². The number of hydrogen-bond donors (Lipinski definition) is 0. The van der Waals surface area contributed by atoms with Crippen molar-refractivity contribution < 1.29 is 14.0 Å². The fourth-order valence-electron chi connectivity index (χ4n) is 3.08. The lowest BCUT2D eigenvalue weighted by atomic mass is 9.79. The number of halogens is 1. The van der Waals surface area contributed by atoms with E-state index in [1.54, 1.807) is 11.8 Å². The number of fused-ring (bicyclic) bond motifs is 1. The average molecular weight is 385 g/mol. The molecule has 0 aliphatic carbocycles. The third kappa shape index (κ3) is 3.02. The van der Waals surface area contributed by atoms with Crippen molar-refractivity contribution in [1.82, 2.24) is 9.78 Å². The predicted octanol–water partition coefficient (Wildman–Crippen LogP) is 3.99. The van der Waals surface area contributed by atoms with Gasteiger partial charge in [-0.1, -0.05) is 23.7 Å². The van der Waals surface area contributed by atoms with Gasteiger partial charge < -0.3 is 14.0 Å². The van der Waals surface area contributed by atoms with E-state index in [-0.39, 0.29) is 18.3 Å². The second-order valence-corrected chi connectivity index (χ2v) is 8.12. The first kappa shape index (κ1) is 18.4. The molecule has 0 bridgehead atoms. The van der Waals surface area contributed by atoms with E-state index in [9.17, 15) is 0 Å². The maximum atomic E-state index is 6.56. The summed E-state index contributed by atoms with van der Waals surface area (Å²) in [7, 11) is 1.24. The number of hydrogen-bond acceptors (Lipinski definition) is 4. The zero-order chi connectivity index (χ0) is 19.4. The average Bonchev–Trinajstić information content (AvgIpc) is 3.07. The first-order valence-corrected chi connectivity index (χ1v) is 9.28. The highest BCUT2D eigenvalue weighted by atomic mass is 35.5. The summed E-state index contributed by atoms with van der Waals surface area (Å²) in [5.41, 5.74) is 1.93. The Kier molecular flexibility index (Phi) is 4.26. The maximum absolute atomic E-state index is 6.56. The van der Waals surface area contributed by atoms with Crippen LogP contribution in [0.25, 0.3) is 16.6 Å². The molecule has 0 spiro atoms. The Morgan fingerprint density at radius 1 is 1.00 bits per heavy atom. The molecule has 1 saturated heterocycles. The fourth-order valence-corrected chi connectivity index (χ4v) is 3.37. The standard InChI is InChI=1S/C20H22BClN2O3/c1-19(2)20(3,4)27-21(26-19)13-6-8-14(9-7-13)24-18(22)16-12-15(25-5)10-11-17(16)23-24/h6-12H,1-5H3. The molecule has 1 aliphatic heterocycles. The predicted molar refractivity (Wildman–Crippen MR) is 108 cm³/mol. The Balaban J connectivity index is 1.65. The molecule has 0 saturated carbocycles. The summed E-state index contributed by atoms with van der Waals surface area (Å²) in [5.74, 6) is 0.750. The topological polar surface area (TPSA) is 45.5 Å². The lowest BCUT2D eigenvalue weighted by Gasteiger charge is -2.32. The van der Waals surface area contributed by atoms with E-state index in [0.717, 1.165) is 27.8 Å². The van der Waals surface area contributed by atoms with Gasteiger partial charge in [-0.25, -0.2) is 4.68 Å². The van der Waals surface area contributed by atoms with Gasteiger partial charge in [0.1, 0.15) is 10.9 Å². The highest BCUT2D eigenvalue weighted by molar-refractivity contribution is 6.62. The molecular weight excluding hydrogens is 362 g/mol. The lowest BCUT2D eigenvalue weighted by Crippen LogP contribution is -2.41. The third-order valence-electron chi connectivity index (χ3n) is 5.48. The first-order valence-electron chi connectivity index (χ1n) is 8.90. The maximum Gasteiger partial charge on any atom is 0.494 e. The molecule has 1 aliphatic rings.